The summed E-state index contributed by atoms with van der Waals surface area (Å²) in [7, 11) is 0. The summed E-state index contributed by atoms with van der Waals surface area (Å²) in [5.41, 5.74) is 2.25. The Hall–Kier alpha value is -1.79. The second-order valence-electron chi connectivity index (χ2n) is 8.62. The van der Waals surface area contributed by atoms with Gasteiger partial charge in [0.25, 0.3) is 0 Å². The molecular weight excluding hydrogens is 368 g/mol. The Labute approximate surface area is 170 Å². The number of carbonyl (C=O) groups is 1. The van der Waals surface area contributed by atoms with Gasteiger partial charge in [0.05, 0.1) is 10.6 Å². The Morgan fingerprint density at radius 1 is 1.32 bits per heavy atom. The highest BCUT2D eigenvalue weighted by molar-refractivity contribution is 7.13. The maximum atomic E-state index is 12.2. The van der Waals surface area contributed by atoms with Crippen LogP contribution >= 0.6 is 11.3 Å². The molecule has 3 aliphatic heterocycles. The van der Waals surface area contributed by atoms with Crippen molar-refractivity contribution in [3.63, 3.8) is 0 Å². The lowest BCUT2D eigenvalue weighted by Crippen LogP contribution is -2.56. The molecule has 1 saturated carbocycles. The number of thiophene rings is 1. The fraction of sp³-hybridized carbons (Fsp3) is 0.591. The summed E-state index contributed by atoms with van der Waals surface area (Å²) in [5.74, 6) is 2.55. The van der Waals surface area contributed by atoms with Crippen molar-refractivity contribution >= 4 is 17.2 Å². The number of carbonyl (C=O) groups excluding carboxylic acids is 1. The molecule has 4 aliphatic rings. The Morgan fingerprint density at radius 3 is 2.89 bits per heavy atom. The number of fused-ring (bicyclic) bond motifs is 3. The molecule has 6 heteroatoms. The summed E-state index contributed by atoms with van der Waals surface area (Å²) >= 11 is 1.73. The van der Waals surface area contributed by atoms with Gasteiger partial charge in [-0.25, -0.2) is 9.97 Å². The van der Waals surface area contributed by atoms with Crippen molar-refractivity contribution in [1.82, 2.24) is 20.2 Å². The van der Waals surface area contributed by atoms with E-state index >= 15 is 0 Å². The minimum atomic E-state index is 0.275. The van der Waals surface area contributed by atoms with E-state index in [9.17, 15) is 4.79 Å². The lowest BCUT2D eigenvalue weighted by Gasteiger charge is -2.50. The molecule has 2 aromatic rings. The van der Waals surface area contributed by atoms with Gasteiger partial charge < -0.3 is 5.32 Å². The summed E-state index contributed by atoms with van der Waals surface area (Å²) in [5, 5.41) is 5.33. The van der Waals surface area contributed by atoms with Crippen LogP contribution in [0, 0.1) is 18.8 Å². The standard InChI is InChI=1S/C22H28N4OS/c1-14-24-19(11-20(25-14)21-6-3-9-28-21)18-13-26-8-7-16(18)10-17(26)12-23-22(27)15-4-2-5-15/h3,6,9,11,15-18H,2,4-5,7-8,10,12-13H2,1H3,(H,23,27)/t16-,17+,18+/m0/s1. The first-order chi connectivity index (χ1) is 13.7. The lowest BCUT2D eigenvalue weighted by molar-refractivity contribution is -0.127. The first kappa shape index (κ1) is 18.3. The van der Waals surface area contributed by atoms with Crippen LogP contribution < -0.4 is 5.32 Å². The van der Waals surface area contributed by atoms with Crippen LogP contribution in [-0.2, 0) is 4.79 Å². The third-order valence-corrected chi connectivity index (χ3v) is 7.77. The van der Waals surface area contributed by atoms with Crippen LogP contribution in [0.4, 0.5) is 0 Å². The average molecular weight is 397 g/mol. The molecule has 3 saturated heterocycles. The molecule has 5 nitrogen and oxygen atoms in total. The van der Waals surface area contributed by atoms with Gasteiger partial charge in [0.2, 0.25) is 5.91 Å². The third kappa shape index (κ3) is 3.48. The van der Waals surface area contributed by atoms with Gasteiger partial charge in [-0.1, -0.05) is 12.5 Å². The van der Waals surface area contributed by atoms with Crippen molar-refractivity contribution in [3.05, 3.63) is 35.1 Å². The maximum Gasteiger partial charge on any atom is 0.223 e. The van der Waals surface area contributed by atoms with Crippen molar-refractivity contribution in [3.8, 4) is 10.6 Å². The zero-order valence-electron chi connectivity index (χ0n) is 16.4. The molecule has 1 unspecified atom stereocenters. The minimum Gasteiger partial charge on any atom is -0.354 e. The highest BCUT2D eigenvalue weighted by Gasteiger charge is 2.41. The van der Waals surface area contributed by atoms with E-state index in [1.165, 1.54) is 23.4 Å². The van der Waals surface area contributed by atoms with Crippen LogP contribution in [0.25, 0.3) is 10.6 Å². The molecule has 1 amide bonds. The van der Waals surface area contributed by atoms with Crippen LogP contribution in [0.15, 0.2) is 23.6 Å². The van der Waals surface area contributed by atoms with E-state index in [4.69, 9.17) is 4.98 Å². The van der Waals surface area contributed by atoms with E-state index in [0.717, 1.165) is 50.4 Å². The van der Waals surface area contributed by atoms with Crippen LogP contribution in [0.3, 0.4) is 0 Å². The second-order valence-corrected chi connectivity index (χ2v) is 9.56. The Kier molecular flexibility index (Phi) is 4.93. The highest BCUT2D eigenvalue weighted by Crippen LogP contribution is 2.42. The first-order valence-corrected chi connectivity index (χ1v) is 11.5. The summed E-state index contributed by atoms with van der Waals surface area (Å²) in [4.78, 5) is 25.5. The number of aryl methyl sites for hydroxylation is 1. The van der Waals surface area contributed by atoms with Crippen LogP contribution in [0.1, 0.15) is 49.5 Å². The molecule has 0 spiro atoms. The number of rotatable bonds is 5. The molecular formula is C22H28N4OS. The molecule has 0 radical (unpaired) electrons. The molecule has 1 aliphatic carbocycles. The summed E-state index contributed by atoms with van der Waals surface area (Å²) < 4.78 is 0. The molecule has 1 N–H and O–H groups in total. The molecule has 5 heterocycles. The zero-order valence-corrected chi connectivity index (χ0v) is 17.3. The molecule has 4 fully saturated rings. The van der Waals surface area contributed by atoms with Crippen molar-refractivity contribution in [2.75, 3.05) is 19.6 Å². The second kappa shape index (κ2) is 7.56. The Balaban J connectivity index is 1.28. The van der Waals surface area contributed by atoms with E-state index in [1.807, 2.05) is 6.92 Å². The number of hydrogen-bond donors (Lipinski definition) is 1. The maximum absolute atomic E-state index is 12.2. The van der Waals surface area contributed by atoms with Crippen molar-refractivity contribution < 1.29 is 4.79 Å². The molecule has 0 aromatic carbocycles. The quantitative estimate of drug-likeness (QED) is 0.839. The fourth-order valence-electron chi connectivity index (χ4n) is 5.05. The van der Waals surface area contributed by atoms with Gasteiger partial charge in [-0.05, 0) is 62.6 Å². The fourth-order valence-corrected chi connectivity index (χ4v) is 5.74. The predicted octanol–water partition coefficient (Wildman–Crippen LogP) is 3.61. The van der Waals surface area contributed by atoms with Crippen LogP contribution in [-0.4, -0.2) is 46.5 Å². The average Bonchev–Trinajstić information content (AvgIpc) is 3.20. The van der Waals surface area contributed by atoms with Gasteiger partial charge in [-0.2, -0.15) is 0 Å². The van der Waals surface area contributed by atoms with E-state index in [0.29, 0.717) is 17.9 Å². The van der Waals surface area contributed by atoms with Crippen LogP contribution in [0.5, 0.6) is 0 Å². The Bertz CT molecular complexity index is 848. The number of hydrogen-bond acceptors (Lipinski definition) is 5. The van der Waals surface area contributed by atoms with Crippen molar-refractivity contribution in [2.24, 2.45) is 11.8 Å². The number of piperidine rings is 3. The molecule has 6 rings (SSSR count). The van der Waals surface area contributed by atoms with Crippen molar-refractivity contribution in [2.45, 2.75) is 51.0 Å². The molecule has 28 heavy (non-hydrogen) atoms. The number of aromatic nitrogens is 2. The van der Waals surface area contributed by atoms with Gasteiger partial charge in [0, 0.05) is 36.7 Å². The highest BCUT2D eigenvalue weighted by atomic mass is 32.1. The SMILES string of the molecule is Cc1nc(-c2cccs2)cc([C@@H]2CN3CC[C@H]2C[C@@H]3CNC(=O)C2CCC2)n1. The number of nitrogens with zero attached hydrogens (tertiary/aromatic N) is 3. The summed E-state index contributed by atoms with van der Waals surface area (Å²) in [6.45, 7) is 5.00. The minimum absolute atomic E-state index is 0.275. The Morgan fingerprint density at radius 2 is 2.21 bits per heavy atom. The predicted molar refractivity (Wildman–Crippen MR) is 111 cm³/mol. The molecule has 4 atom stereocenters. The van der Waals surface area contributed by atoms with E-state index < -0.39 is 0 Å². The lowest BCUT2D eigenvalue weighted by atomic mass is 9.74. The van der Waals surface area contributed by atoms with Gasteiger partial charge in [-0.3, -0.25) is 9.69 Å². The summed E-state index contributed by atoms with van der Waals surface area (Å²) in [6.07, 6.45) is 5.75. The van der Waals surface area contributed by atoms with Gasteiger partial charge in [-0.15, -0.1) is 11.3 Å². The normalized spacial score (nSPS) is 29.5. The van der Waals surface area contributed by atoms with Crippen molar-refractivity contribution in [1.29, 1.82) is 0 Å². The molecule has 2 bridgehead atoms. The third-order valence-electron chi connectivity index (χ3n) is 6.88. The molecule has 148 valence electrons. The topological polar surface area (TPSA) is 58.1 Å². The number of nitrogens with one attached hydrogen (secondary N) is 1. The molecule has 2 aromatic heterocycles. The van der Waals surface area contributed by atoms with Gasteiger partial charge >= 0.3 is 0 Å². The largest absolute Gasteiger partial charge is 0.354 e. The zero-order chi connectivity index (χ0) is 19.1. The van der Waals surface area contributed by atoms with Gasteiger partial charge in [0.1, 0.15) is 5.82 Å². The van der Waals surface area contributed by atoms with E-state index in [1.54, 1.807) is 11.3 Å². The van der Waals surface area contributed by atoms with Crippen LogP contribution in [0.2, 0.25) is 0 Å². The monoisotopic (exact) mass is 396 g/mol. The van der Waals surface area contributed by atoms with Gasteiger partial charge in [0.15, 0.2) is 0 Å². The van der Waals surface area contributed by atoms with E-state index in [-0.39, 0.29) is 11.8 Å². The number of amides is 1. The first-order valence-electron chi connectivity index (χ1n) is 10.6. The smallest absolute Gasteiger partial charge is 0.223 e. The van der Waals surface area contributed by atoms with E-state index in [2.05, 4.69) is 38.8 Å². The summed E-state index contributed by atoms with van der Waals surface area (Å²) in [6, 6.07) is 6.90.